The molecule has 0 radical (unpaired) electrons. The number of nitrogens with one attached hydrogen (secondary N) is 1. The third kappa shape index (κ3) is 3.21. The van der Waals surface area contributed by atoms with Crippen LogP contribution in [-0.4, -0.2) is 18.5 Å². The molecule has 1 saturated carbocycles. The Morgan fingerprint density at radius 3 is 2.88 bits per heavy atom. The summed E-state index contributed by atoms with van der Waals surface area (Å²) in [5.74, 6) is 0.383. The first-order valence-corrected chi connectivity index (χ1v) is 6.75. The molecule has 1 atom stereocenters. The Hall–Kier alpha value is -0.580. The van der Waals surface area contributed by atoms with Gasteiger partial charge in [0.1, 0.15) is 0 Å². The molecule has 1 aliphatic rings. The van der Waals surface area contributed by atoms with E-state index in [-0.39, 0.29) is 11.9 Å². The largest absolute Gasteiger partial charge is 0.348 e. The number of hydrogen-bond donors (Lipinski definition) is 2. The molecule has 0 spiro atoms. The van der Waals surface area contributed by atoms with Crippen LogP contribution in [0.15, 0.2) is 22.7 Å². The van der Waals surface area contributed by atoms with Crippen LogP contribution in [0, 0.1) is 5.92 Å². The summed E-state index contributed by atoms with van der Waals surface area (Å²) >= 11 is 9.33. The third-order valence-electron chi connectivity index (χ3n) is 2.93. The van der Waals surface area contributed by atoms with Gasteiger partial charge in [0.25, 0.3) is 5.91 Å². The maximum absolute atomic E-state index is 12.0. The number of benzene rings is 1. The Balaban J connectivity index is 2.10. The fraction of sp³-hybridized carbons (Fsp3) is 0.417. The molecule has 1 aliphatic carbocycles. The van der Waals surface area contributed by atoms with Crippen LogP contribution in [0.1, 0.15) is 23.2 Å². The molecule has 3 N–H and O–H groups in total. The average molecular weight is 318 g/mol. The normalized spacial score (nSPS) is 16.6. The van der Waals surface area contributed by atoms with E-state index in [1.807, 2.05) is 0 Å². The van der Waals surface area contributed by atoms with Crippen molar-refractivity contribution in [3.63, 3.8) is 0 Å². The molecule has 17 heavy (non-hydrogen) atoms. The standard InChI is InChI=1S/C12H14BrClN2O/c13-8-3-4-10(14)9(5-8)12(17)16-11(6-15)7-1-2-7/h3-5,7,11H,1-2,6,15H2,(H,16,17). The van der Waals surface area contributed by atoms with Crippen molar-refractivity contribution in [2.24, 2.45) is 11.7 Å². The van der Waals surface area contributed by atoms with Crippen LogP contribution in [0.2, 0.25) is 5.02 Å². The van der Waals surface area contributed by atoms with Crippen molar-refractivity contribution in [2.45, 2.75) is 18.9 Å². The van der Waals surface area contributed by atoms with E-state index in [0.29, 0.717) is 23.0 Å². The van der Waals surface area contributed by atoms with Gasteiger partial charge >= 0.3 is 0 Å². The highest BCUT2D eigenvalue weighted by atomic mass is 79.9. The van der Waals surface area contributed by atoms with Gasteiger partial charge in [-0.25, -0.2) is 0 Å². The predicted molar refractivity (Wildman–Crippen MR) is 72.2 cm³/mol. The fourth-order valence-electron chi connectivity index (χ4n) is 1.79. The SMILES string of the molecule is NCC(NC(=O)c1cc(Br)ccc1Cl)C1CC1. The molecule has 1 aromatic carbocycles. The van der Waals surface area contributed by atoms with Gasteiger partial charge in [-0.15, -0.1) is 0 Å². The van der Waals surface area contributed by atoms with Gasteiger partial charge in [0.05, 0.1) is 10.6 Å². The Morgan fingerprint density at radius 2 is 2.29 bits per heavy atom. The Kier molecular flexibility index (Phi) is 4.07. The molecular weight excluding hydrogens is 304 g/mol. The first kappa shape index (κ1) is 12.9. The lowest BCUT2D eigenvalue weighted by atomic mass is 10.1. The lowest BCUT2D eigenvalue weighted by molar-refractivity contribution is 0.0933. The fourth-order valence-corrected chi connectivity index (χ4v) is 2.35. The predicted octanol–water partition coefficient (Wildman–Crippen LogP) is 2.57. The van der Waals surface area contributed by atoms with Crippen LogP contribution in [0.5, 0.6) is 0 Å². The van der Waals surface area contributed by atoms with Crippen molar-refractivity contribution in [2.75, 3.05) is 6.54 Å². The van der Waals surface area contributed by atoms with Gasteiger partial charge in [0.2, 0.25) is 0 Å². The lowest BCUT2D eigenvalue weighted by Gasteiger charge is -2.16. The second kappa shape index (κ2) is 5.38. The first-order valence-electron chi connectivity index (χ1n) is 5.58. The van der Waals surface area contributed by atoms with E-state index >= 15 is 0 Å². The number of amides is 1. The van der Waals surface area contributed by atoms with Crippen LogP contribution in [0.25, 0.3) is 0 Å². The highest BCUT2D eigenvalue weighted by molar-refractivity contribution is 9.10. The van der Waals surface area contributed by atoms with E-state index in [4.69, 9.17) is 17.3 Å². The minimum atomic E-state index is -0.154. The van der Waals surface area contributed by atoms with Gasteiger partial charge in [-0.3, -0.25) is 4.79 Å². The smallest absolute Gasteiger partial charge is 0.253 e. The molecule has 1 aromatic rings. The van der Waals surface area contributed by atoms with Crippen LogP contribution in [-0.2, 0) is 0 Å². The summed E-state index contributed by atoms with van der Waals surface area (Å²) in [4.78, 5) is 12.0. The summed E-state index contributed by atoms with van der Waals surface area (Å²) in [7, 11) is 0. The molecular formula is C12H14BrClN2O. The zero-order valence-corrected chi connectivity index (χ0v) is 11.6. The maximum Gasteiger partial charge on any atom is 0.253 e. The van der Waals surface area contributed by atoms with Crippen molar-refractivity contribution in [1.82, 2.24) is 5.32 Å². The molecule has 0 saturated heterocycles. The topological polar surface area (TPSA) is 55.1 Å². The second-order valence-electron chi connectivity index (χ2n) is 4.28. The zero-order valence-electron chi connectivity index (χ0n) is 9.25. The van der Waals surface area contributed by atoms with E-state index in [2.05, 4.69) is 21.2 Å². The quantitative estimate of drug-likeness (QED) is 0.897. The van der Waals surface area contributed by atoms with E-state index < -0.39 is 0 Å². The molecule has 1 fully saturated rings. The summed E-state index contributed by atoms with van der Waals surface area (Å²) in [5, 5.41) is 3.40. The summed E-state index contributed by atoms with van der Waals surface area (Å²) in [5.41, 5.74) is 6.14. The Labute approximate surface area is 114 Å². The number of rotatable bonds is 4. The van der Waals surface area contributed by atoms with Crippen LogP contribution in [0.4, 0.5) is 0 Å². The van der Waals surface area contributed by atoms with Gasteiger partial charge < -0.3 is 11.1 Å². The summed E-state index contributed by atoms with van der Waals surface area (Å²) < 4.78 is 0.836. The average Bonchev–Trinajstić information content (AvgIpc) is 3.13. The summed E-state index contributed by atoms with van der Waals surface area (Å²) in [6.45, 7) is 0.474. The summed E-state index contributed by atoms with van der Waals surface area (Å²) in [6.07, 6.45) is 2.29. The number of carbonyl (C=O) groups excluding carboxylic acids is 1. The molecule has 3 nitrogen and oxygen atoms in total. The molecule has 1 amide bonds. The second-order valence-corrected chi connectivity index (χ2v) is 5.60. The van der Waals surface area contributed by atoms with Crippen molar-refractivity contribution >= 4 is 33.4 Å². The molecule has 92 valence electrons. The van der Waals surface area contributed by atoms with Crippen LogP contribution in [0.3, 0.4) is 0 Å². The van der Waals surface area contributed by atoms with Crippen molar-refractivity contribution in [3.8, 4) is 0 Å². The van der Waals surface area contributed by atoms with Crippen LogP contribution >= 0.6 is 27.5 Å². The lowest BCUT2D eigenvalue weighted by Crippen LogP contribution is -2.41. The van der Waals surface area contributed by atoms with E-state index in [1.54, 1.807) is 18.2 Å². The van der Waals surface area contributed by atoms with Gasteiger partial charge in [-0.2, -0.15) is 0 Å². The Bertz CT molecular complexity index is 435. The molecule has 1 unspecified atom stereocenters. The number of hydrogen-bond acceptors (Lipinski definition) is 2. The number of carbonyl (C=O) groups is 1. The first-order chi connectivity index (χ1) is 8.11. The minimum Gasteiger partial charge on any atom is -0.348 e. The molecule has 0 aliphatic heterocycles. The van der Waals surface area contributed by atoms with Gasteiger partial charge in [-0.1, -0.05) is 27.5 Å². The third-order valence-corrected chi connectivity index (χ3v) is 3.76. The van der Waals surface area contributed by atoms with Crippen molar-refractivity contribution in [3.05, 3.63) is 33.3 Å². The van der Waals surface area contributed by atoms with E-state index in [9.17, 15) is 4.79 Å². The molecule has 0 aromatic heterocycles. The highest BCUT2D eigenvalue weighted by Gasteiger charge is 2.31. The zero-order chi connectivity index (χ0) is 12.4. The summed E-state index contributed by atoms with van der Waals surface area (Å²) in [6, 6.07) is 5.30. The molecule has 0 heterocycles. The number of halogens is 2. The van der Waals surface area contributed by atoms with Gasteiger partial charge in [0.15, 0.2) is 0 Å². The minimum absolute atomic E-state index is 0.0672. The van der Waals surface area contributed by atoms with Crippen LogP contribution < -0.4 is 11.1 Å². The number of nitrogens with two attached hydrogens (primary N) is 1. The van der Waals surface area contributed by atoms with Crippen molar-refractivity contribution < 1.29 is 4.79 Å². The van der Waals surface area contributed by atoms with E-state index in [1.165, 1.54) is 0 Å². The van der Waals surface area contributed by atoms with Crippen molar-refractivity contribution in [1.29, 1.82) is 0 Å². The molecule has 2 rings (SSSR count). The van der Waals surface area contributed by atoms with Gasteiger partial charge in [0, 0.05) is 17.1 Å². The highest BCUT2D eigenvalue weighted by Crippen LogP contribution is 2.32. The molecule has 0 bridgehead atoms. The molecule has 5 heteroatoms. The monoisotopic (exact) mass is 316 g/mol. The maximum atomic E-state index is 12.0. The Morgan fingerprint density at radius 1 is 1.59 bits per heavy atom. The van der Waals surface area contributed by atoms with E-state index in [0.717, 1.165) is 17.3 Å². The van der Waals surface area contributed by atoms with Gasteiger partial charge in [-0.05, 0) is 37.0 Å².